The summed E-state index contributed by atoms with van der Waals surface area (Å²) in [6.07, 6.45) is 1.56. The minimum atomic E-state index is -0.371. The first-order chi connectivity index (χ1) is 14.3. The van der Waals surface area contributed by atoms with Crippen molar-refractivity contribution < 1.29 is 23.4 Å². The van der Waals surface area contributed by atoms with E-state index < -0.39 is 0 Å². The zero-order chi connectivity index (χ0) is 19.7. The summed E-state index contributed by atoms with van der Waals surface area (Å²) >= 11 is 0. The average Bonchev–Trinajstić information content (AvgIpc) is 3.30. The predicted molar refractivity (Wildman–Crippen MR) is 105 cm³/mol. The van der Waals surface area contributed by atoms with Crippen molar-refractivity contribution in [2.24, 2.45) is 0 Å². The second-order valence-electron chi connectivity index (χ2n) is 7.19. The van der Waals surface area contributed by atoms with Crippen molar-refractivity contribution in [1.29, 1.82) is 0 Å². The molecule has 0 aliphatic carbocycles. The van der Waals surface area contributed by atoms with Crippen LogP contribution < -0.4 is 14.2 Å². The van der Waals surface area contributed by atoms with Crippen LogP contribution in [0.3, 0.4) is 0 Å². The molecule has 0 spiro atoms. The van der Waals surface area contributed by atoms with Crippen molar-refractivity contribution in [2.75, 3.05) is 33.5 Å². The molecule has 0 N–H and O–H groups in total. The Labute approximate surface area is 168 Å². The number of methoxy groups -OCH3 is 1. The van der Waals surface area contributed by atoms with Crippen molar-refractivity contribution in [1.82, 2.24) is 10.2 Å². The Kier molecular flexibility index (Phi) is 4.60. The maximum Gasteiger partial charge on any atom is 0.247 e. The van der Waals surface area contributed by atoms with Crippen LogP contribution in [-0.4, -0.2) is 43.7 Å². The zero-order valence-electron chi connectivity index (χ0n) is 16.2. The van der Waals surface area contributed by atoms with Gasteiger partial charge >= 0.3 is 0 Å². The third-order valence-electron chi connectivity index (χ3n) is 5.61. The monoisotopic (exact) mass is 394 g/mol. The lowest BCUT2D eigenvalue weighted by Crippen LogP contribution is -2.35. The highest BCUT2D eigenvalue weighted by Gasteiger charge is 2.41. The van der Waals surface area contributed by atoms with Crippen LogP contribution in [0, 0.1) is 0 Å². The van der Waals surface area contributed by atoms with Crippen LogP contribution in [0.2, 0.25) is 0 Å². The van der Waals surface area contributed by atoms with E-state index in [4.69, 9.17) is 23.4 Å². The van der Waals surface area contributed by atoms with Crippen molar-refractivity contribution in [3.63, 3.8) is 0 Å². The molecule has 2 aromatic carbocycles. The maximum absolute atomic E-state index is 6.21. The zero-order valence-corrected chi connectivity index (χ0v) is 16.2. The van der Waals surface area contributed by atoms with E-state index >= 15 is 0 Å². The molecule has 150 valence electrons. The molecular weight excluding hydrogens is 372 g/mol. The molecule has 0 atom stereocenters. The smallest absolute Gasteiger partial charge is 0.247 e. The van der Waals surface area contributed by atoms with E-state index in [9.17, 15) is 0 Å². The molecule has 1 aromatic heterocycles. The Morgan fingerprint density at radius 3 is 2.38 bits per heavy atom. The number of hydrogen-bond donors (Lipinski definition) is 0. The van der Waals surface area contributed by atoms with E-state index in [0.717, 1.165) is 35.5 Å². The van der Waals surface area contributed by atoms with E-state index in [-0.39, 0.29) is 5.41 Å². The van der Waals surface area contributed by atoms with Crippen molar-refractivity contribution in [3.8, 4) is 28.7 Å². The molecule has 3 heterocycles. The van der Waals surface area contributed by atoms with Crippen LogP contribution in [-0.2, 0) is 10.2 Å². The number of benzene rings is 2. The van der Waals surface area contributed by atoms with Gasteiger partial charge in [0, 0.05) is 18.8 Å². The van der Waals surface area contributed by atoms with Gasteiger partial charge in [0.2, 0.25) is 11.8 Å². The molecule has 29 heavy (non-hydrogen) atoms. The van der Waals surface area contributed by atoms with Crippen LogP contribution in [0.25, 0.3) is 11.5 Å². The van der Waals surface area contributed by atoms with Gasteiger partial charge in [-0.1, -0.05) is 12.1 Å². The number of fused-ring (bicyclic) bond motifs is 1. The number of ether oxygens (including phenoxy) is 4. The van der Waals surface area contributed by atoms with Gasteiger partial charge in [-0.3, -0.25) is 0 Å². The molecule has 5 rings (SSSR count). The van der Waals surface area contributed by atoms with Gasteiger partial charge in [0.05, 0.1) is 12.5 Å². The van der Waals surface area contributed by atoms with E-state index in [1.54, 1.807) is 7.11 Å². The fourth-order valence-corrected chi connectivity index (χ4v) is 3.97. The molecule has 1 fully saturated rings. The minimum absolute atomic E-state index is 0.371. The van der Waals surface area contributed by atoms with Crippen LogP contribution >= 0.6 is 0 Å². The maximum atomic E-state index is 6.21. The molecule has 2 aliphatic heterocycles. The molecule has 0 unspecified atom stereocenters. The van der Waals surface area contributed by atoms with Gasteiger partial charge in [0.15, 0.2) is 11.5 Å². The Hall–Kier alpha value is -3.06. The molecule has 7 nitrogen and oxygen atoms in total. The fraction of sp³-hybridized carbons (Fsp3) is 0.364. The minimum Gasteiger partial charge on any atom is -0.497 e. The van der Waals surface area contributed by atoms with Gasteiger partial charge < -0.3 is 23.4 Å². The summed E-state index contributed by atoms with van der Waals surface area (Å²) in [5.41, 5.74) is 1.56. The predicted octanol–water partition coefficient (Wildman–Crippen LogP) is 3.61. The topological polar surface area (TPSA) is 75.8 Å². The number of nitrogens with zero attached hydrogens (tertiary/aromatic N) is 2. The number of aromatic nitrogens is 2. The highest BCUT2D eigenvalue weighted by Crippen LogP contribution is 2.42. The van der Waals surface area contributed by atoms with Crippen LogP contribution in [0.15, 0.2) is 46.9 Å². The molecule has 0 bridgehead atoms. The van der Waals surface area contributed by atoms with Gasteiger partial charge in [-0.25, -0.2) is 0 Å². The molecule has 2 aliphatic rings. The SMILES string of the molecule is COc1ccc(C2(c3nnc(-c4ccc5c(c4)OCCO5)o3)CCOCC2)cc1. The van der Waals surface area contributed by atoms with Crippen molar-refractivity contribution in [2.45, 2.75) is 18.3 Å². The third-order valence-corrected chi connectivity index (χ3v) is 5.61. The summed E-state index contributed by atoms with van der Waals surface area (Å²) in [4.78, 5) is 0. The molecule has 0 radical (unpaired) electrons. The number of rotatable bonds is 4. The van der Waals surface area contributed by atoms with Gasteiger partial charge in [0.25, 0.3) is 0 Å². The van der Waals surface area contributed by atoms with Gasteiger partial charge in [-0.15, -0.1) is 10.2 Å². The first-order valence-corrected chi connectivity index (χ1v) is 9.75. The first kappa shape index (κ1) is 18.0. The Morgan fingerprint density at radius 2 is 1.62 bits per heavy atom. The lowest BCUT2D eigenvalue weighted by molar-refractivity contribution is 0.0546. The van der Waals surface area contributed by atoms with Gasteiger partial charge in [-0.05, 0) is 48.7 Å². The fourth-order valence-electron chi connectivity index (χ4n) is 3.97. The summed E-state index contributed by atoms with van der Waals surface area (Å²) < 4.78 is 28.4. The van der Waals surface area contributed by atoms with E-state index in [2.05, 4.69) is 22.3 Å². The van der Waals surface area contributed by atoms with Crippen LogP contribution in [0.1, 0.15) is 24.3 Å². The van der Waals surface area contributed by atoms with Crippen molar-refractivity contribution >= 4 is 0 Å². The van der Waals surface area contributed by atoms with Gasteiger partial charge in [-0.2, -0.15) is 0 Å². The second-order valence-corrected chi connectivity index (χ2v) is 7.19. The highest BCUT2D eigenvalue weighted by molar-refractivity contribution is 5.60. The van der Waals surface area contributed by atoms with E-state index in [1.165, 1.54) is 0 Å². The molecular formula is C22H22N2O5. The average molecular weight is 394 g/mol. The quantitative estimate of drug-likeness (QED) is 0.669. The lowest BCUT2D eigenvalue weighted by atomic mass is 9.74. The second kappa shape index (κ2) is 7.40. The standard InChI is InChI=1S/C22H22N2O5/c1-25-17-5-3-16(4-6-17)22(8-10-26-11-9-22)21-24-23-20(29-21)15-2-7-18-19(14-15)28-13-12-27-18/h2-7,14H,8-13H2,1H3. The summed E-state index contributed by atoms with van der Waals surface area (Å²) in [5.74, 6) is 3.33. The van der Waals surface area contributed by atoms with Gasteiger partial charge in [0.1, 0.15) is 19.0 Å². The third kappa shape index (κ3) is 3.21. The summed E-state index contributed by atoms with van der Waals surface area (Å²) in [7, 11) is 1.66. The molecule has 0 saturated carbocycles. The van der Waals surface area contributed by atoms with E-state index in [1.807, 2.05) is 30.3 Å². The summed E-state index contributed by atoms with van der Waals surface area (Å²) in [5, 5.41) is 8.78. The lowest BCUT2D eigenvalue weighted by Gasteiger charge is -2.34. The molecule has 0 amide bonds. The van der Waals surface area contributed by atoms with Crippen LogP contribution in [0.4, 0.5) is 0 Å². The molecule has 1 saturated heterocycles. The Balaban J connectivity index is 1.52. The Morgan fingerprint density at radius 1 is 0.862 bits per heavy atom. The highest BCUT2D eigenvalue weighted by atomic mass is 16.6. The van der Waals surface area contributed by atoms with Crippen molar-refractivity contribution in [3.05, 3.63) is 53.9 Å². The normalized spacial score (nSPS) is 17.7. The molecule has 3 aromatic rings. The summed E-state index contributed by atoms with van der Waals surface area (Å²) in [6, 6.07) is 13.7. The molecule has 7 heteroatoms. The van der Waals surface area contributed by atoms with E-state index in [0.29, 0.717) is 44.0 Å². The first-order valence-electron chi connectivity index (χ1n) is 9.75. The number of hydrogen-bond acceptors (Lipinski definition) is 7. The Bertz CT molecular complexity index is 993. The largest absolute Gasteiger partial charge is 0.497 e. The van der Waals surface area contributed by atoms with Crippen LogP contribution in [0.5, 0.6) is 17.2 Å². The summed E-state index contributed by atoms with van der Waals surface area (Å²) in [6.45, 7) is 2.39.